The summed E-state index contributed by atoms with van der Waals surface area (Å²) >= 11 is 1.16. The van der Waals surface area contributed by atoms with Gasteiger partial charge in [-0.2, -0.15) is 0 Å². The zero-order valence-corrected chi connectivity index (χ0v) is 10.4. The average Bonchev–Trinajstić information content (AvgIpc) is 2.73. The van der Waals surface area contributed by atoms with E-state index in [4.69, 9.17) is 4.74 Å². The smallest absolute Gasteiger partial charge is 0.324 e. The maximum Gasteiger partial charge on any atom is 0.324 e. The number of hydrogen-bond acceptors (Lipinski definition) is 6. The van der Waals surface area contributed by atoms with Crippen LogP contribution in [0.1, 0.15) is 11.3 Å². The molecule has 96 valence electrons. The van der Waals surface area contributed by atoms with E-state index >= 15 is 0 Å². The highest BCUT2D eigenvalue weighted by molar-refractivity contribution is 7.15. The van der Waals surface area contributed by atoms with E-state index in [1.54, 1.807) is 13.2 Å². The van der Waals surface area contributed by atoms with Gasteiger partial charge in [0, 0.05) is 24.6 Å². The van der Waals surface area contributed by atoms with Crippen molar-refractivity contribution in [2.24, 2.45) is 0 Å². The normalized spacial score (nSPS) is 12.6. The van der Waals surface area contributed by atoms with Crippen molar-refractivity contribution in [3.63, 3.8) is 0 Å². The SMILES string of the molecule is COCC(O)CCNCc1ccc([N+](=O)[O-])s1. The molecule has 0 radical (unpaired) electrons. The van der Waals surface area contributed by atoms with Crippen molar-refractivity contribution in [2.45, 2.75) is 19.1 Å². The van der Waals surface area contributed by atoms with Crippen molar-refractivity contribution >= 4 is 16.3 Å². The molecule has 0 aliphatic heterocycles. The van der Waals surface area contributed by atoms with E-state index < -0.39 is 11.0 Å². The molecule has 1 rings (SSSR count). The summed E-state index contributed by atoms with van der Waals surface area (Å²) in [6, 6.07) is 3.24. The Morgan fingerprint density at radius 3 is 3.00 bits per heavy atom. The number of aliphatic hydroxyl groups excluding tert-OH is 1. The quantitative estimate of drug-likeness (QED) is 0.416. The summed E-state index contributed by atoms with van der Waals surface area (Å²) in [7, 11) is 1.54. The predicted molar refractivity (Wildman–Crippen MR) is 65.2 cm³/mol. The molecule has 1 aromatic rings. The molecule has 0 aliphatic carbocycles. The van der Waals surface area contributed by atoms with Gasteiger partial charge in [-0.15, -0.1) is 0 Å². The van der Waals surface area contributed by atoms with Crippen LogP contribution in [0.15, 0.2) is 12.1 Å². The second-order valence-corrected chi connectivity index (χ2v) is 4.72. The van der Waals surface area contributed by atoms with Crippen LogP contribution >= 0.6 is 11.3 Å². The Morgan fingerprint density at radius 2 is 2.41 bits per heavy atom. The molecule has 2 N–H and O–H groups in total. The summed E-state index contributed by atoms with van der Waals surface area (Å²) in [5, 5.41) is 23.1. The fraction of sp³-hybridized carbons (Fsp3) is 0.600. The minimum Gasteiger partial charge on any atom is -0.391 e. The van der Waals surface area contributed by atoms with Gasteiger partial charge in [0.15, 0.2) is 0 Å². The highest BCUT2D eigenvalue weighted by Crippen LogP contribution is 2.23. The van der Waals surface area contributed by atoms with Gasteiger partial charge in [-0.25, -0.2) is 0 Å². The molecule has 1 unspecified atom stereocenters. The minimum atomic E-state index is -0.467. The van der Waals surface area contributed by atoms with Crippen LogP contribution in [0.2, 0.25) is 0 Å². The van der Waals surface area contributed by atoms with Gasteiger partial charge in [-0.1, -0.05) is 11.3 Å². The first-order valence-corrected chi connectivity index (χ1v) is 6.06. The van der Waals surface area contributed by atoms with Crippen molar-refractivity contribution in [1.82, 2.24) is 5.32 Å². The second kappa shape index (κ2) is 7.33. The number of nitrogens with one attached hydrogen (secondary N) is 1. The van der Waals surface area contributed by atoms with Crippen molar-refractivity contribution in [3.05, 3.63) is 27.1 Å². The van der Waals surface area contributed by atoms with Gasteiger partial charge >= 0.3 is 5.00 Å². The largest absolute Gasteiger partial charge is 0.391 e. The Bertz CT molecular complexity index is 356. The number of aliphatic hydroxyl groups is 1. The molecule has 1 aromatic heterocycles. The van der Waals surface area contributed by atoms with Gasteiger partial charge in [-0.3, -0.25) is 10.1 Å². The van der Waals surface area contributed by atoms with Gasteiger partial charge in [0.05, 0.1) is 17.6 Å². The van der Waals surface area contributed by atoms with Gasteiger partial charge < -0.3 is 15.2 Å². The van der Waals surface area contributed by atoms with Gasteiger partial charge in [-0.05, 0) is 19.0 Å². The fourth-order valence-electron chi connectivity index (χ4n) is 1.32. The number of ether oxygens (including phenoxy) is 1. The number of rotatable bonds is 8. The molecule has 0 spiro atoms. The number of nitro groups is 1. The van der Waals surface area contributed by atoms with Crippen LogP contribution in [0.5, 0.6) is 0 Å². The Labute approximate surface area is 103 Å². The lowest BCUT2D eigenvalue weighted by molar-refractivity contribution is -0.380. The van der Waals surface area contributed by atoms with E-state index in [-0.39, 0.29) is 5.00 Å². The van der Waals surface area contributed by atoms with Gasteiger partial charge in [0.1, 0.15) is 0 Å². The van der Waals surface area contributed by atoms with Crippen LogP contribution in [-0.4, -0.2) is 36.4 Å². The maximum absolute atomic E-state index is 10.5. The molecule has 17 heavy (non-hydrogen) atoms. The van der Waals surface area contributed by atoms with Crippen molar-refractivity contribution in [1.29, 1.82) is 0 Å². The highest BCUT2D eigenvalue weighted by Gasteiger charge is 2.09. The van der Waals surface area contributed by atoms with Crippen LogP contribution in [0.4, 0.5) is 5.00 Å². The molecule has 1 atom stereocenters. The molecule has 0 saturated heterocycles. The van der Waals surface area contributed by atoms with Gasteiger partial charge in [0.2, 0.25) is 0 Å². The summed E-state index contributed by atoms with van der Waals surface area (Å²) in [5.74, 6) is 0. The summed E-state index contributed by atoms with van der Waals surface area (Å²) < 4.78 is 4.80. The molecular formula is C10H16N2O4S. The molecule has 0 saturated carbocycles. The first kappa shape index (κ1) is 14.0. The lowest BCUT2D eigenvalue weighted by Crippen LogP contribution is -2.22. The number of hydrogen-bond donors (Lipinski definition) is 2. The molecule has 6 nitrogen and oxygen atoms in total. The van der Waals surface area contributed by atoms with Crippen LogP contribution in [0.25, 0.3) is 0 Å². The van der Waals surface area contributed by atoms with Crippen molar-refractivity contribution in [3.8, 4) is 0 Å². The maximum atomic E-state index is 10.5. The van der Waals surface area contributed by atoms with Crippen LogP contribution < -0.4 is 5.32 Å². The number of methoxy groups -OCH3 is 1. The third-order valence-corrected chi connectivity index (χ3v) is 3.18. The van der Waals surface area contributed by atoms with Crippen molar-refractivity contribution in [2.75, 3.05) is 20.3 Å². The molecule has 0 aromatic carbocycles. The van der Waals surface area contributed by atoms with E-state index in [9.17, 15) is 15.2 Å². The Kier molecular flexibility index (Phi) is 6.06. The summed E-state index contributed by atoms with van der Waals surface area (Å²) in [5.41, 5.74) is 0. The Morgan fingerprint density at radius 1 is 1.65 bits per heavy atom. The molecule has 1 heterocycles. The van der Waals surface area contributed by atoms with Crippen molar-refractivity contribution < 1.29 is 14.8 Å². The molecule has 0 fully saturated rings. The van der Waals surface area contributed by atoms with E-state index in [1.165, 1.54) is 6.07 Å². The van der Waals surface area contributed by atoms with E-state index in [0.29, 0.717) is 26.1 Å². The Hall–Kier alpha value is -1.02. The van der Waals surface area contributed by atoms with E-state index in [1.807, 2.05) is 0 Å². The third-order valence-electron chi connectivity index (χ3n) is 2.14. The van der Waals surface area contributed by atoms with Crippen LogP contribution in [0, 0.1) is 10.1 Å². The topological polar surface area (TPSA) is 84.6 Å². The molecule has 0 amide bonds. The Balaban J connectivity index is 2.19. The first-order valence-electron chi connectivity index (χ1n) is 5.24. The lowest BCUT2D eigenvalue weighted by Gasteiger charge is -2.09. The highest BCUT2D eigenvalue weighted by atomic mass is 32.1. The summed E-state index contributed by atoms with van der Waals surface area (Å²) in [6.07, 6.45) is 0.131. The number of thiophene rings is 1. The average molecular weight is 260 g/mol. The molecule has 0 bridgehead atoms. The van der Waals surface area contributed by atoms with E-state index in [2.05, 4.69) is 5.32 Å². The predicted octanol–water partition coefficient (Wildman–Crippen LogP) is 1.14. The summed E-state index contributed by atoms with van der Waals surface area (Å²) in [6.45, 7) is 1.56. The molecule has 7 heteroatoms. The summed E-state index contributed by atoms with van der Waals surface area (Å²) in [4.78, 5) is 11.0. The first-order chi connectivity index (χ1) is 8.13. The fourth-order valence-corrected chi connectivity index (χ4v) is 2.11. The zero-order valence-electron chi connectivity index (χ0n) is 9.59. The zero-order chi connectivity index (χ0) is 12.7. The molecule has 0 aliphatic rings. The standard InChI is InChI=1S/C10H16N2O4S/c1-16-7-8(13)4-5-11-6-9-2-3-10(17-9)12(14)15/h2-3,8,11,13H,4-7H2,1H3. The third kappa shape index (κ3) is 5.22. The number of nitrogens with zero attached hydrogens (tertiary/aromatic N) is 1. The van der Waals surface area contributed by atoms with E-state index in [0.717, 1.165) is 16.2 Å². The minimum absolute atomic E-state index is 0.154. The van der Waals surface area contributed by atoms with Gasteiger partial charge in [0.25, 0.3) is 0 Å². The molecular weight excluding hydrogens is 244 g/mol. The van der Waals surface area contributed by atoms with Crippen LogP contribution in [0.3, 0.4) is 0 Å². The lowest BCUT2D eigenvalue weighted by atomic mass is 10.2. The second-order valence-electron chi connectivity index (χ2n) is 3.57. The monoisotopic (exact) mass is 260 g/mol. The van der Waals surface area contributed by atoms with Crippen LogP contribution in [-0.2, 0) is 11.3 Å².